The number of nitrogens with one attached hydrogen (secondary N) is 2. The average Bonchev–Trinajstić information content (AvgIpc) is 3.12. The second-order valence-electron chi connectivity index (χ2n) is 7.90. The molecule has 8 heteroatoms. The van der Waals surface area contributed by atoms with E-state index in [0.717, 1.165) is 76.6 Å². The van der Waals surface area contributed by atoms with Crippen LogP contribution in [0.15, 0.2) is 11.2 Å². The quantitative estimate of drug-likeness (QED) is 0.272. The Morgan fingerprint density at radius 2 is 2.03 bits per heavy atom. The van der Waals surface area contributed by atoms with Crippen LogP contribution in [0, 0.1) is 5.41 Å². The monoisotopic (exact) mass is 405 g/mol. The first kappa shape index (κ1) is 24.9. The zero-order valence-corrected chi connectivity index (χ0v) is 18.2. The first-order valence-electron chi connectivity index (χ1n) is 10.8. The molecule has 1 amide bonds. The summed E-state index contributed by atoms with van der Waals surface area (Å²) in [4.78, 5) is 16.0. The summed E-state index contributed by atoms with van der Waals surface area (Å²) in [6.45, 7) is 8.85. The molecule has 0 radical (unpaired) electrons. The van der Waals surface area contributed by atoms with E-state index >= 15 is 0 Å². The average molecular weight is 406 g/mol. The Kier molecular flexibility index (Phi) is 12.8. The summed E-state index contributed by atoms with van der Waals surface area (Å²) in [5, 5.41) is 19.2. The lowest BCUT2D eigenvalue weighted by Gasteiger charge is -2.17. The van der Waals surface area contributed by atoms with Crippen molar-refractivity contribution in [1.82, 2.24) is 20.3 Å². The number of amides is 1. The van der Waals surface area contributed by atoms with Crippen LogP contribution in [0.25, 0.3) is 0 Å². The van der Waals surface area contributed by atoms with Crippen molar-refractivity contribution in [2.45, 2.75) is 96.7 Å². The highest BCUT2D eigenvalue weighted by molar-refractivity contribution is 5.89. The lowest BCUT2D eigenvalue weighted by molar-refractivity contribution is -0.121. The predicted octanol–water partition coefficient (Wildman–Crippen LogP) is 2.90. The SMILES string of the molecule is C=NCCCCC(NC(=O)CCCCc1cn(CCCC[C@@H](C)N)nn1)C(C)=N. The number of hydrogen-bond donors (Lipinski definition) is 3. The van der Waals surface area contributed by atoms with Gasteiger partial charge in [-0.05, 0) is 71.9 Å². The van der Waals surface area contributed by atoms with E-state index < -0.39 is 0 Å². The van der Waals surface area contributed by atoms with Gasteiger partial charge >= 0.3 is 0 Å². The number of nitrogens with two attached hydrogens (primary N) is 1. The van der Waals surface area contributed by atoms with Crippen LogP contribution in [0.2, 0.25) is 0 Å². The van der Waals surface area contributed by atoms with Gasteiger partial charge in [0, 0.05) is 37.5 Å². The molecule has 4 N–H and O–H groups in total. The number of aromatic nitrogens is 3. The molecule has 1 heterocycles. The van der Waals surface area contributed by atoms with Crippen molar-refractivity contribution >= 4 is 18.3 Å². The van der Waals surface area contributed by atoms with Crippen LogP contribution in [0.4, 0.5) is 0 Å². The van der Waals surface area contributed by atoms with Gasteiger partial charge in [0.2, 0.25) is 5.91 Å². The van der Waals surface area contributed by atoms with Crippen LogP contribution in [-0.4, -0.2) is 52.0 Å². The van der Waals surface area contributed by atoms with Crippen molar-refractivity contribution in [3.8, 4) is 0 Å². The lowest BCUT2D eigenvalue weighted by Crippen LogP contribution is -2.39. The lowest BCUT2D eigenvalue weighted by atomic mass is 10.0. The zero-order chi connectivity index (χ0) is 21.5. The molecule has 1 aromatic rings. The third-order valence-electron chi connectivity index (χ3n) is 4.89. The van der Waals surface area contributed by atoms with Crippen LogP contribution < -0.4 is 11.1 Å². The summed E-state index contributed by atoms with van der Waals surface area (Å²) in [6, 6.07) is 0.0840. The third-order valence-corrected chi connectivity index (χ3v) is 4.89. The summed E-state index contributed by atoms with van der Waals surface area (Å²) >= 11 is 0. The molecule has 1 rings (SSSR count). The fraction of sp³-hybridized carbons (Fsp3) is 0.762. The molecular weight excluding hydrogens is 366 g/mol. The number of carbonyl (C=O) groups excluding carboxylic acids is 1. The van der Waals surface area contributed by atoms with Gasteiger partial charge in [0.05, 0.1) is 11.7 Å². The maximum absolute atomic E-state index is 12.2. The van der Waals surface area contributed by atoms with Crippen molar-refractivity contribution in [2.24, 2.45) is 10.7 Å². The molecule has 0 spiro atoms. The molecule has 164 valence electrons. The summed E-state index contributed by atoms with van der Waals surface area (Å²) < 4.78 is 1.89. The Bertz CT molecular complexity index is 612. The van der Waals surface area contributed by atoms with Gasteiger partial charge in [-0.25, -0.2) is 0 Å². The van der Waals surface area contributed by atoms with E-state index in [0.29, 0.717) is 12.1 Å². The molecule has 0 aliphatic heterocycles. The van der Waals surface area contributed by atoms with Gasteiger partial charge in [-0.15, -0.1) is 5.10 Å². The van der Waals surface area contributed by atoms with Crippen molar-refractivity contribution in [1.29, 1.82) is 5.41 Å². The molecule has 0 bridgehead atoms. The molecule has 0 aliphatic carbocycles. The second-order valence-corrected chi connectivity index (χ2v) is 7.90. The fourth-order valence-corrected chi connectivity index (χ4v) is 3.13. The van der Waals surface area contributed by atoms with E-state index in [1.54, 1.807) is 6.92 Å². The first-order valence-corrected chi connectivity index (χ1v) is 10.8. The van der Waals surface area contributed by atoms with Gasteiger partial charge in [-0.1, -0.05) is 11.6 Å². The van der Waals surface area contributed by atoms with E-state index in [9.17, 15) is 4.79 Å². The number of aliphatic imine (C=N–C) groups is 1. The Balaban J connectivity index is 2.20. The van der Waals surface area contributed by atoms with E-state index in [1.165, 1.54) is 0 Å². The van der Waals surface area contributed by atoms with Gasteiger partial charge in [0.1, 0.15) is 0 Å². The molecule has 8 nitrogen and oxygen atoms in total. The third kappa shape index (κ3) is 12.2. The normalized spacial score (nSPS) is 13.1. The number of carbonyl (C=O) groups is 1. The van der Waals surface area contributed by atoms with E-state index in [2.05, 4.69) is 27.3 Å². The van der Waals surface area contributed by atoms with Crippen molar-refractivity contribution in [3.63, 3.8) is 0 Å². The van der Waals surface area contributed by atoms with Crippen LogP contribution >= 0.6 is 0 Å². The minimum absolute atomic E-state index is 0.0150. The van der Waals surface area contributed by atoms with Gasteiger partial charge in [-0.2, -0.15) is 0 Å². The standard InChI is InChI=1S/C21H39N7O/c1-17(22)10-7-9-15-28-16-19(26-27-28)11-4-5-13-21(29)25-20(18(2)23)12-6-8-14-24-3/h16-17,20,23H,3-15,22H2,1-2H3,(H,25,29)/t17-,20?/m1/s1. The Morgan fingerprint density at radius 1 is 1.28 bits per heavy atom. The molecule has 0 saturated carbocycles. The summed E-state index contributed by atoms with van der Waals surface area (Å²) in [5.74, 6) is 0.0150. The van der Waals surface area contributed by atoms with E-state index in [4.69, 9.17) is 11.1 Å². The van der Waals surface area contributed by atoms with Gasteiger partial charge in [-0.3, -0.25) is 9.48 Å². The molecule has 1 unspecified atom stereocenters. The predicted molar refractivity (Wildman–Crippen MR) is 119 cm³/mol. The highest BCUT2D eigenvalue weighted by Gasteiger charge is 2.14. The number of unbranched alkanes of at least 4 members (excludes halogenated alkanes) is 3. The molecular formula is C21H39N7O. The summed E-state index contributed by atoms with van der Waals surface area (Å²) in [7, 11) is 0. The van der Waals surface area contributed by atoms with Crippen LogP contribution in [0.5, 0.6) is 0 Å². The van der Waals surface area contributed by atoms with Crippen molar-refractivity contribution < 1.29 is 4.79 Å². The zero-order valence-electron chi connectivity index (χ0n) is 18.2. The number of rotatable bonds is 17. The molecule has 1 aromatic heterocycles. The van der Waals surface area contributed by atoms with Gasteiger partial charge in [0.15, 0.2) is 0 Å². The number of hydrogen-bond acceptors (Lipinski definition) is 6. The molecule has 0 fully saturated rings. The van der Waals surface area contributed by atoms with Gasteiger partial charge < -0.3 is 21.5 Å². The maximum atomic E-state index is 12.2. The highest BCUT2D eigenvalue weighted by Crippen LogP contribution is 2.07. The largest absolute Gasteiger partial charge is 0.348 e. The van der Waals surface area contributed by atoms with Crippen LogP contribution in [0.3, 0.4) is 0 Å². The fourth-order valence-electron chi connectivity index (χ4n) is 3.13. The molecule has 29 heavy (non-hydrogen) atoms. The van der Waals surface area contributed by atoms with Crippen LogP contribution in [0.1, 0.15) is 77.3 Å². The van der Waals surface area contributed by atoms with E-state index in [1.807, 2.05) is 17.8 Å². The summed E-state index contributed by atoms with van der Waals surface area (Å²) in [6.07, 6.45) is 10.9. The summed E-state index contributed by atoms with van der Waals surface area (Å²) in [5.41, 5.74) is 7.24. The highest BCUT2D eigenvalue weighted by atomic mass is 16.1. The minimum Gasteiger partial charge on any atom is -0.348 e. The van der Waals surface area contributed by atoms with E-state index in [-0.39, 0.29) is 18.0 Å². The maximum Gasteiger partial charge on any atom is 0.220 e. The number of aryl methyl sites for hydroxylation is 2. The Morgan fingerprint density at radius 3 is 2.72 bits per heavy atom. The number of nitrogens with zero attached hydrogens (tertiary/aromatic N) is 4. The van der Waals surface area contributed by atoms with Crippen molar-refractivity contribution in [3.05, 3.63) is 11.9 Å². The topological polar surface area (TPSA) is 122 Å². The van der Waals surface area contributed by atoms with Gasteiger partial charge in [0.25, 0.3) is 0 Å². The molecule has 0 aliphatic rings. The Hall–Kier alpha value is -2.09. The van der Waals surface area contributed by atoms with Crippen molar-refractivity contribution in [2.75, 3.05) is 6.54 Å². The second kappa shape index (κ2) is 14.8. The minimum atomic E-state index is -0.172. The smallest absolute Gasteiger partial charge is 0.220 e. The molecule has 0 saturated heterocycles. The molecule has 2 atom stereocenters. The van der Waals surface area contributed by atoms with Crippen LogP contribution in [-0.2, 0) is 17.8 Å². The Labute approximate surface area is 175 Å². The first-order chi connectivity index (χ1) is 13.9. The molecule has 0 aromatic carbocycles.